The van der Waals surface area contributed by atoms with Crippen molar-refractivity contribution < 1.29 is 9.59 Å². The molecule has 7 heteroatoms. The van der Waals surface area contributed by atoms with Crippen molar-refractivity contribution in [2.75, 3.05) is 0 Å². The van der Waals surface area contributed by atoms with Crippen LogP contribution in [0.1, 0.15) is 10.4 Å². The summed E-state index contributed by atoms with van der Waals surface area (Å²) in [5, 5.41) is 0. The fraction of sp³-hybridized carbons (Fsp3) is 0. The Morgan fingerprint density at radius 1 is 1.06 bits per heavy atom. The van der Waals surface area contributed by atoms with Gasteiger partial charge in [-0.15, -0.1) is 0 Å². The molecule has 0 saturated heterocycles. The molecule has 1 heterocycles. The predicted octanol–water partition coefficient (Wildman–Crippen LogP) is 0.219. The van der Waals surface area contributed by atoms with Crippen LogP contribution in [0.25, 0.3) is 0 Å². The molecule has 0 unspecified atom stereocenters. The SMILES string of the molecule is NC(=O)c1ccccc1.NC(N)=O.c1c[nH]cn1. The number of rotatable bonds is 1. The van der Waals surface area contributed by atoms with Crippen LogP contribution in [0.2, 0.25) is 0 Å². The average molecular weight is 249 g/mol. The largest absolute Gasteiger partial charge is 0.366 e. The molecule has 7 nitrogen and oxygen atoms in total. The van der Waals surface area contributed by atoms with E-state index in [4.69, 9.17) is 10.5 Å². The van der Waals surface area contributed by atoms with Crippen LogP contribution in [0.3, 0.4) is 0 Å². The molecular formula is C11H15N5O2. The van der Waals surface area contributed by atoms with Gasteiger partial charge in [0.25, 0.3) is 0 Å². The Morgan fingerprint density at radius 2 is 1.61 bits per heavy atom. The normalized spacial score (nSPS) is 8.00. The summed E-state index contributed by atoms with van der Waals surface area (Å²) in [4.78, 5) is 25.8. The van der Waals surface area contributed by atoms with Gasteiger partial charge in [0.2, 0.25) is 5.91 Å². The van der Waals surface area contributed by atoms with Gasteiger partial charge in [-0.05, 0) is 12.1 Å². The molecule has 0 aliphatic heterocycles. The number of hydrogen-bond donors (Lipinski definition) is 4. The first-order valence-electron chi connectivity index (χ1n) is 4.86. The van der Waals surface area contributed by atoms with Gasteiger partial charge in [0, 0.05) is 18.0 Å². The Bertz CT molecular complexity index is 421. The summed E-state index contributed by atoms with van der Waals surface area (Å²) in [5.41, 5.74) is 14.0. The van der Waals surface area contributed by atoms with E-state index >= 15 is 0 Å². The second-order valence-corrected chi connectivity index (χ2v) is 2.89. The van der Waals surface area contributed by atoms with Crippen LogP contribution in [0.4, 0.5) is 4.79 Å². The second-order valence-electron chi connectivity index (χ2n) is 2.89. The van der Waals surface area contributed by atoms with E-state index in [0.717, 1.165) is 0 Å². The molecule has 0 aliphatic rings. The number of nitrogens with two attached hydrogens (primary N) is 3. The van der Waals surface area contributed by atoms with E-state index in [9.17, 15) is 4.79 Å². The van der Waals surface area contributed by atoms with Crippen molar-refractivity contribution in [1.82, 2.24) is 9.97 Å². The van der Waals surface area contributed by atoms with Gasteiger partial charge in [-0.2, -0.15) is 0 Å². The zero-order valence-electron chi connectivity index (χ0n) is 9.61. The minimum Gasteiger partial charge on any atom is -0.366 e. The molecule has 3 amide bonds. The van der Waals surface area contributed by atoms with Crippen LogP contribution >= 0.6 is 0 Å². The predicted molar refractivity (Wildman–Crippen MR) is 67.3 cm³/mol. The van der Waals surface area contributed by atoms with Crippen LogP contribution in [0.5, 0.6) is 0 Å². The molecule has 0 bridgehead atoms. The molecule has 7 N–H and O–H groups in total. The Hall–Kier alpha value is -2.83. The number of aromatic nitrogens is 2. The van der Waals surface area contributed by atoms with Crippen molar-refractivity contribution in [2.45, 2.75) is 0 Å². The topological polar surface area (TPSA) is 141 Å². The molecule has 18 heavy (non-hydrogen) atoms. The monoisotopic (exact) mass is 249 g/mol. The van der Waals surface area contributed by atoms with Crippen molar-refractivity contribution in [3.8, 4) is 0 Å². The molecule has 0 fully saturated rings. The highest BCUT2D eigenvalue weighted by molar-refractivity contribution is 5.92. The van der Waals surface area contributed by atoms with Crippen molar-refractivity contribution in [1.29, 1.82) is 0 Å². The molecule has 1 aromatic carbocycles. The molecule has 0 radical (unpaired) electrons. The molecule has 0 spiro atoms. The summed E-state index contributed by atoms with van der Waals surface area (Å²) in [6, 6.07) is 7.93. The van der Waals surface area contributed by atoms with E-state index in [1.165, 1.54) is 0 Å². The van der Waals surface area contributed by atoms with Gasteiger partial charge in [0.15, 0.2) is 0 Å². The van der Waals surface area contributed by atoms with E-state index < -0.39 is 6.03 Å². The maximum Gasteiger partial charge on any atom is 0.309 e. The molecule has 0 saturated carbocycles. The van der Waals surface area contributed by atoms with E-state index in [1.54, 1.807) is 43.0 Å². The Labute approximate surface area is 104 Å². The van der Waals surface area contributed by atoms with E-state index in [2.05, 4.69) is 21.4 Å². The number of aromatic amines is 1. The number of urea groups is 1. The Balaban J connectivity index is 0.000000272. The Kier molecular flexibility index (Phi) is 7.92. The molecule has 0 aliphatic carbocycles. The number of nitrogens with zero attached hydrogens (tertiary/aromatic N) is 1. The maximum absolute atomic E-state index is 10.4. The van der Waals surface area contributed by atoms with Crippen LogP contribution < -0.4 is 17.2 Å². The van der Waals surface area contributed by atoms with Gasteiger partial charge in [0.1, 0.15) is 0 Å². The van der Waals surface area contributed by atoms with Crippen LogP contribution in [0.15, 0.2) is 49.1 Å². The molecule has 1 aromatic heterocycles. The lowest BCUT2D eigenvalue weighted by atomic mass is 10.2. The lowest BCUT2D eigenvalue weighted by Gasteiger charge is -1.89. The van der Waals surface area contributed by atoms with E-state index in [1.807, 2.05) is 6.07 Å². The number of benzene rings is 1. The number of imidazole rings is 1. The fourth-order valence-electron chi connectivity index (χ4n) is 0.818. The van der Waals surface area contributed by atoms with Gasteiger partial charge in [0.05, 0.1) is 6.33 Å². The molecule has 2 rings (SSSR count). The van der Waals surface area contributed by atoms with E-state index in [0.29, 0.717) is 5.56 Å². The highest BCUT2D eigenvalue weighted by atomic mass is 16.2. The number of carbonyl (C=O) groups is 2. The first-order chi connectivity index (χ1) is 8.54. The van der Waals surface area contributed by atoms with Crippen molar-refractivity contribution in [3.05, 3.63) is 54.6 Å². The number of nitrogens with one attached hydrogen (secondary N) is 1. The number of amides is 3. The summed E-state index contributed by atoms with van der Waals surface area (Å²) in [6.45, 7) is 0. The van der Waals surface area contributed by atoms with Crippen molar-refractivity contribution in [2.24, 2.45) is 17.2 Å². The maximum atomic E-state index is 10.4. The Morgan fingerprint density at radius 3 is 1.83 bits per heavy atom. The first-order valence-corrected chi connectivity index (χ1v) is 4.86. The third-order valence-corrected chi connectivity index (χ3v) is 1.46. The highest BCUT2D eigenvalue weighted by Crippen LogP contribution is 1.94. The highest BCUT2D eigenvalue weighted by Gasteiger charge is 1.93. The minimum atomic E-state index is -0.833. The molecule has 2 aromatic rings. The van der Waals surface area contributed by atoms with Crippen molar-refractivity contribution in [3.63, 3.8) is 0 Å². The number of primary amides is 3. The van der Waals surface area contributed by atoms with Gasteiger partial charge in [-0.1, -0.05) is 18.2 Å². The summed E-state index contributed by atoms with van der Waals surface area (Å²) >= 11 is 0. The summed E-state index contributed by atoms with van der Waals surface area (Å²) < 4.78 is 0. The van der Waals surface area contributed by atoms with Crippen LogP contribution in [0, 0.1) is 0 Å². The fourth-order valence-corrected chi connectivity index (χ4v) is 0.818. The second kappa shape index (κ2) is 9.40. The van der Waals surface area contributed by atoms with Gasteiger partial charge in [-0.25, -0.2) is 9.78 Å². The van der Waals surface area contributed by atoms with Gasteiger partial charge in [-0.3, -0.25) is 4.79 Å². The molecule has 96 valence electrons. The van der Waals surface area contributed by atoms with E-state index in [-0.39, 0.29) is 5.91 Å². The van der Waals surface area contributed by atoms with Crippen LogP contribution in [-0.2, 0) is 0 Å². The summed E-state index contributed by atoms with van der Waals surface area (Å²) in [5.74, 6) is -0.379. The number of carbonyl (C=O) groups excluding carboxylic acids is 2. The summed E-state index contributed by atoms with van der Waals surface area (Å²) in [6.07, 6.45) is 5.08. The molecular weight excluding hydrogens is 234 g/mol. The third-order valence-electron chi connectivity index (χ3n) is 1.46. The third kappa shape index (κ3) is 9.71. The average Bonchev–Trinajstić information content (AvgIpc) is 2.88. The number of hydrogen-bond acceptors (Lipinski definition) is 3. The molecule has 0 atom stereocenters. The zero-order valence-corrected chi connectivity index (χ0v) is 9.61. The van der Waals surface area contributed by atoms with Gasteiger partial charge < -0.3 is 22.2 Å². The lowest BCUT2D eigenvalue weighted by molar-refractivity contribution is 0.100. The zero-order chi connectivity index (χ0) is 13.8. The van der Waals surface area contributed by atoms with Crippen LogP contribution in [-0.4, -0.2) is 21.9 Å². The number of H-pyrrole nitrogens is 1. The smallest absolute Gasteiger partial charge is 0.309 e. The minimum absolute atomic E-state index is 0.379. The van der Waals surface area contributed by atoms with Gasteiger partial charge >= 0.3 is 6.03 Å². The van der Waals surface area contributed by atoms with Crippen molar-refractivity contribution >= 4 is 11.9 Å². The first kappa shape index (κ1) is 15.2. The quantitative estimate of drug-likeness (QED) is 0.574. The lowest BCUT2D eigenvalue weighted by Crippen LogP contribution is -2.18. The standard InChI is InChI=1S/C7H7NO.C3H4N2.CH4N2O/c8-7(9)6-4-2-1-3-5-6;1-2-5-3-4-1;2-1(3)4/h1-5H,(H2,8,9);1-3H,(H,4,5);(H4,2,3,4). The summed E-state index contributed by atoms with van der Waals surface area (Å²) in [7, 11) is 0.